The zero-order valence-electron chi connectivity index (χ0n) is 22.6. The number of rotatable bonds is 8. The predicted octanol–water partition coefficient (Wildman–Crippen LogP) is 6.67. The number of benzene rings is 3. The normalized spacial score (nSPS) is 13.5. The van der Waals surface area contributed by atoms with Crippen molar-refractivity contribution < 1.29 is 14.3 Å². The van der Waals surface area contributed by atoms with E-state index in [1.54, 1.807) is 6.08 Å². The van der Waals surface area contributed by atoms with Crippen LogP contribution >= 0.6 is 0 Å². The number of nitrogens with zero attached hydrogens (tertiary/aromatic N) is 1. The molecule has 0 radical (unpaired) electrons. The van der Waals surface area contributed by atoms with Gasteiger partial charge in [0.05, 0.1) is 0 Å². The number of fused-ring (bicyclic) bond motifs is 1. The average molecular weight is 499 g/mol. The maximum Gasteiger partial charge on any atom is 0.249 e. The van der Waals surface area contributed by atoms with Gasteiger partial charge in [0.15, 0.2) is 11.5 Å². The molecule has 1 aliphatic rings. The highest BCUT2D eigenvalue weighted by Crippen LogP contribution is 2.33. The second-order valence-electron chi connectivity index (χ2n) is 10.4. The lowest BCUT2D eigenvalue weighted by Crippen LogP contribution is -2.22. The average Bonchev–Trinajstić information content (AvgIpc) is 2.90. The first kappa shape index (κ1) is 26.5. The van der Waals surface area contributed by atoms with Crippen molar-refractivity contribution in [1.29, 1.82) is 0 Å². The number of ether oxygens (including phenoxy) is 2. The largest absolute Gasteiger partial charge is 0.486 e. The monoisotopic (exact) mass is 498 g/mol. The Labute approximate surface area is 221 Å². The summed E-state index contributed by atoms with van der Waals surface area (Å²) in [5.41, 5.74) is 6.12. The van der Waals surface area contributed by atoms with Gasteiger partial charge in [-0.15, -0.1) is 0 Å². The van der Waals surface area contributed by atoms with Gasteiger partial charge in [-0.2, -0.15) is 0 Å². The van der Waals surface area contributed by atoms with E-state index in [1.165, 1.54) is 11.1 Å². The molecular weight excluding hydrogens is 460 g/mol. The fourth-order valence-corrected chi connectivity index (χ4v) is 4.46. The number of anilines is 1. The summed E-state index contributed by atoms with van der Waals surface area (Å²) in [6, 6.07) is 22.5. The van der Waals surface area contributed by atoms with Crippen LogP contribution in [0.25, 0.3) is 5.57 Å². The maximum absolute atomic E-state index is 13.3. The predicted molar refractivity (Wildman–Crippen MR) is 151 cm³/mol. The number of hydrogen-bond donors (Lipinski definition) is 1. The van der Waals surface area contributed by atoms with Gasteiger partial charge in [-0.25, -0.2) is 0 Å². The zero-order valence-corrected chi connectivity index (χ0v) is 22.6. The summed E-state index contributed by atoms with van der Waals surface area (Å²) in [6.07, 6.45) is 1.69. The Morgan fingerprint density at radius 1 is 0.892 bits per heavy atom. The first-order chi connectivity index (χ1) is 17.8. The van der Waals surface area contributed by atoms with E-state index in [1.807, 2.05) is 18.2 Å². The van der Waals surface area contributed by atoms with Gasteiger partial charge in [-0.3, -0.25) is 9.69 Å². The molecule has 1 aliphatic heterocycles. The Balaban J connectivity index is 1.67. The molecule has 0 fully saturated rings. The van der Waals surface area contributed by atoms with E-state index in [0.717, 1.165) is 36.3 Å². The van der Waals surface area contributed by atoms with Gasteiger partial charge in [0.25, 0.3) is 0 Å². The van der Waals surface area contributed by atoms with Crippen LogP contribution in [0, 0.1) is 0 Å². The first-order valence-electron chi connectivity index (χ1n) is 13.1. The van der Waals surface area contributed by atoms with E-state index in [2.05, 4.69) is 93.4 Å². The topological polar surface area (TPSA) is 50.8 Å². The zero-order chi connectivity index (χ0) is 26.4. The van der Waals surface area contributed by atoms with Crippen molar-refractivity contribution in [3.8, 4) is 11.5 Å². The summed E-state index contributed by atoms with van der Waals surface area (Å²) in [7, 11) is 0. The minimum Gasteiger partial charge on any atom is -0.486 e. The molecule has 5 heteroatoms. The molecule has 3 aromatic carbocycles. The Hall–Kier alpha value is -3.57. The van der Waals surface area contributed by atoms with E-state index in [0.29, 0.717) is 30.4 Å². The highest BCUT2D eigenvalue weighted by atomic mass is 16.6. The Morgan fingerprint density at radius 2 is 1.59 bits per heavy atom. The van der Waals surface area contributed by atoms with Gasteiger partial charge in [-0.1, -0.05) is 77.1 Å². The van der Waals surface area contributed by atoms with Gasteiger partial charge < -0.3 is 14.8 Å². The van der Waals surface area contributed by atoms with Crippen LogP contribution in [0.15, 0.2) is 72.8 Å². The lowest BCUT2D eigenvalue weighted by molar-refractivity contribution is -0.111. The van der Waals surface area contributed by atoms with Gasteiger partial charge in [0.1, 0.15) is 13.2 Å². The van der Waals surface area contributed by atoms with E-state index >= 15 is 0 Å². The van der Waals surface area contributed by atoms with Crippen LogP contribution in [0.4, 0.5) is 5.69 Å². The van der Waals surface area contributed by atoms with Crippen LogP contribution in [0.5, 0.6) is 11.5 Å². The summed E-state index contributed by atoms with van der Waals surface area (Å²) in [5, 5.41) is 3.00. The number of hydrogen-bond acceptors (Lipinski definition) is 4. The van der Waals surface area contributed by atoms with Crippen LogP contribution < -0.4 is 14.8 Å². The number of carbonyl (C=O) groups is 1. The molecule has 0 spiro atoms. The molecule has 37 heavy (non-hydrogen) atoms. The van der Waals surface area contributed by atoms with Crippen molar-refractivity contribution in [2.45, 2.75) is 46.6 Å². The third kappa shape index (κ3) is 6.80. The van der Waals surface area contributed by atoms with Crippen LogP contribution in [-0.2, 0) is 16.8 Å². The van der Waals surface area contributed by atoms with Gasteiger partial charge in [0.2, 0.25) is 5.91 Å². The summed E-state index contributed by atoms with van der Waals surface area (Å²) < 4.78 is 11.3. The highest BCUT2D eigenvalue weighted by molar-refractivity contribution is 6.06. The molecule has 0 saturated carbocycles. The number of nitrogens with one attached hydrogen (secondary N) is 1. The minimum absolute atomic E-state index is 0.0572. The van der Waals surface area contributed by atoms with Crippen LogP contribution in [0.1, 0.15) is 56.9 Å². The Morgan fingerprint density at radius 3 is 2.27 bits per heavy atom. The van der Waals surface area contributed by atoms with E-state index in [-0.39, 0.29) is 11.3 Å². The summed E-state index contributed by atoms with van der Waals surface area (Å²) in [6.45, 7) is 14.9. The molecule has 5 nitrogen and oxygen atoms in total. The molecule has 194 valence electrons. The van der Waals surface area contributed by atoms with Crippen molar-refractivity contribution in [2.24, 2.45) is 0 Å². The minimum atomic E-state index is -0.194. The molecular formula is C32H38N2O3. The third-order valence-electron chi connectivity index (χ3n) is 6.69. The molecule has 0 aliphatic carbocycles. The lowest BCUT2D eigenvalue weighted by atomic mass is 9.85. The fourth-order valence-electron chi connectivity index (χ4n) is 4.46. The molecule has 3 aromatic rings. The summed E-state index contributed by atoms with van der Waals surface area (Å²) >= 11 is 0. The van der Waals surface area contributed by atoms with Crippen LogP contribution in [0.3, 0.4) is 0 Å². The Bertz CT molecular complexity index is 1250. The second kappa shape index (κ2) is 11.7. The molecule has 0 unspecified atom stereocenters. The van der Waals surface area contributed by atoms with Crippen LogP contribution in [-0.4, -0.2) is 37.1 Å². The molecule has 1 heterocycles. The lowest BCUT2D eigenvalue weighted by Gasteiger charge is -2.20. The van der Waals surface area contributed by atoms with E-state index < -0.39 is 0 Å². The van der Waals surface area contributed by atoms with Crippen LogP contribution in [0.2, 0.25) is 0 Å². The maximum atomic E-state index is 13.3. The molecule has 0 saturated heterocycles. The van der Waals surface area contributed by atoms with Crippen molar-refractivity contribution in [3.63, 3.8) is 0 Å². The third-order valence-corrected chi connectivity index (χ3v) is 6.69. The van der Waals surface area contributed by atoms with E-state index in [9.17, 15) is 4.79 Å². The van der Waals surface area contributed by atoms with Gasteiger partial charge in [-0.05, 0) is 64.5 Å². The molecule has 1 N–H and O–H groups in total. The molecule has 0 bridgehead atoms. The fraction of sp³-hybridized carbons (Fsp3) is 0.344. The summed E-state index contributed by atoms with van der Waals surface area (Å²) in [5.74, 6) is 1.15. The van der Waals surface area contributed by atoms with Crippen molar-refractivity contribution in [1.82, 2.24) is 4.90 Å². The highest BCUT2D eigenvalue weighted by Gasteiger charge is 2.16. The molecule has 4 rings (SSSR count). The quantitative estimate of drug-likeness (QED) is 0.353. The van der Waals surface area contributed by atoms with Crippen molar-refractivity contribution >= 4 is 17.2 Å². The molecule has 0 atom stereocenters. The van der Waals surface area contributed by atoms with Crippen molar-refractivity contribution in [3.05, 3.63) is 95.1 Å². The summed E-state index contributed by atoms with van der Waals surface area (Å²) in [4.78, 5) is 15.6. The number of carbonyl (C=O) groups excluding carboxylic acids is 1. The standard InChI is InChI=1S/C32H38N2O3/c1-6-34(7-2)22-23-9-8-10-25(19-23)28(24-11-13-26(14-12-24)32(3,4)5)21-31(35)33-27-15-16-29-30(20-27)37-18-17-36-29/h8-16,19-21H,6-7,17-18,22H2,1-5H3,(H,33,35). The molecule has 0 aromatic heterocycles. The van der Waals surface area contributed by atoms with Gasteiger partial charge in [0, 0.05) is 24.4 Å². The smallest absolute Gasteiger partial charge is 0.249 e. The first-order valence-corrected chi connectivity index (χ1v) is 13.1. The SMILES string of the molecule is CCN(CC)Cc1cccc(C(=CC(=O)Nc2ccc3c(c2)OCCO3)c2ccc(C(C)(C)C)cc2)c1. The van der Waals surface area contributed by atoms with Gasteiger partial charge >= 0.3 is 0 Å². The van der Waals surface area contributed by atoms with Crippen molar-refractivity contribution in [2.75, 3.05) is 31.6 Å². The number of amides is 1. The molecule has 1 amide bonds. The second-order valence-corrected chi connectivity index (χ2v) is 10.4. The Kier molecular flexibility index (Phi) is 8.34. The van der Waals surface area contributed by atoms with E-state index in [4.69, 9.17) is 9.47 Å².